The van der Waals surface area contributed by atoms with Gasteiger partial charge in [0.1, 0.15) is 22.5 Å². The largest absolute Gasteiger partial charge is 0.378 e. The number of carbonyl (C=O) groups excluding carboxylic acids is 2. The van der Waals surface area contributed by atoms with Crippen LogP contribution in [0, 0.1) is 17.1 Å². The molecule has 0 aliphatic carbocycles. The second-order valence-corrected chi connectivity index (χ2v) is 8.33. The molecule has 2 heterocycles. The molecule has 0 radical (unpaired) electrons. The van der Waals surface area contributed by atoms with Crippen molar-refractivity contribution in [2.75, 3.05) is 31.2 Å². The van der Waals surface area contributed by atoms with E-state index >= 15 is 0 Å². The molecule has 158 valence electrons. The van der Waals surface area contributed by atoms with Crippen LogP contribution in [0.15, 0.2) is 65.2 Å². The molecular weight excluding hydrogens is 417 g/mol. The van der Waals surface area contributed by atoms with Gasteiger partial charge >= 0.3 is 0 Å². The molecule has 0 saturated carbocycles. The molecule has 2 aromatic carbocycles. The molecule has 31 heavy (non-hydrogen) atoms. The minimum absolute atomic E-state index is 0.0503. The van der Waals surface area contributed by atoms with Gasteiger partial charge in [-0.3, -0.25) is 14.5 Å². The van der Waals surface area contributed by atoms with Crippen molar-refractivity contribution in [2.45, 2.75) is 11.7 Å². The quantitative estimate of drug-likeness (QED) is 0.543. The lowest BCUT2D eigenvalue weighted by Crippen LogP contribution is -2.42. The van der Waals surface area contributed by atoms with E-state index in [1.54, 1.807) is 41.3 Å². The van der Waals surface area contributed by atoms with Crippen LogP contribution in [0.2, 0.25) is 0 Å². The van der Waals surface area contributed by atoms with Crippen LogP contribution in [0.1, 0.15) is 5.56 Å². The number of nitrogens with zero attached hydrogens (tertiary/aromatic N) is 3. The smallest absolute Gasteiger partial charge is 0.267 e. The number of hydrogen-bond acceptors (Lipinski definition) is 5. The van der Waals surface area contributed by atoms with Crippen LogP contribution in [-0.2, 0) is 20.7 Å². The van der Waals surface area contributed by atoms with Gasteiger partial charge in [-0.1, -0.05) is 42.1 Å². The first-order valence-electron chi connectivity index (χ1n) is 9.90. The van der Waals surface area contributed by atoms with Crippen LogP contribution in [0.3, 0.4) is 0 Å². The summed E-state index contributed by atoms with van der Waals surface area (Å²) < 4.78 is 18.6. The maximum absolute atomic E-state index is 13.3. The van der Waals surface area contributed by atoms with Gasteiger partial charge in [-0.2, -0.15) is 5.26 Å². The van der Waals surface area contributed by atoms with E-state index in [1.165, 1.54) is 28.8 Å². The topological polar surface area (TPSA) is 73.6 Å². The molecule has 0 spiro atoms. The summed E-state index contributed by atoms with van der Waals surface area (Å²) in [5.74, 6) is -0.953. The van der Waals surface area contributed by atoms with E-state index in [2.05, 4.69) is 0 Å². The van der Waals surface area contributed by atoms with E-state index in [1.807, 2.05) is 12.1 Å². The number of amides is 2. The summed E-state index contributed by atoms with van der Waals surface area (Å²) in [5.41, 5.74) is 1.35. The van der Waals surface area contributed by atoms with Crippen molar-refractivity contribution >= 4 is 29.3 Å². The fourth-order valence-electron chi connectivity index (χ4n) is 3.55. The number of carbonyl (C=O) groups is 2. The second-order valence-electron chi connectivity index (χ2n) is 7.14. The fourth-order valence-corrected chi connectivity index (χ4v) is 4.85. The Labute approximate surface area is 183 Å². The Morgan fingerprint density at radius 1 is 1.13 bits per heavy atom. The predicted molar refractivity (Wildman–Crippen MR) is 115 cm³/mol. The molecule has 1 unspecified atom stereocenters. The minimum atomic E-state index is -0.526. The second kappa shape index (κ2) is 9.33. The highest BCUT2D eigenvalue weighted by Crippen LogP contribution is 2.42. The third-order valence-electron chi connectivity index (χ3n) is 5.14. The lowest BCUT2D eigenvalue weighted by Gasteiger charge is -2.27. The van der Waals surface area contributed by atoms with E-state index in [0.29, 0.717) is 43.4 Å². The molecule has 0 aromatic heterocycles. The van der Waals surface area contributed by atoms with Crippen molar-refractivity contribution in [3.63, 3.8) is 0 Å². The molecular formula is C23H20FN3O3S. The highest BCUT2D eigenvalue weighted by atomic mass is 32.2. The summed E-state index contributed by atoms with van der Waals surface area (Å²) in [5, 5.41) is 9.67. The first-order chi connectivity index (χ1) is 15.1. The first-order valence-corrected chi connectivity index (χ1v) is 10.8. The van der Waals surface area contributed by atoms with Gasteiger partial charge in [0.05, 0.1) is 18.5 Å². The summed E-state index contributed by atoms with van der Waals surface area (Å²) in [6, 6.07) is 17.0. The van der Waals surface area contributed by atoms with E-state index in [4.69, 9.17) is 4.74 Å². The zero-order chi connectivity index (χ0) is 21.8. The third-order valence-corrected chi connectivity index (χ3v) is 6.40. The molecule has 2 aliphatic rings. The number of anilines is 1. The Balaban J connectivity index is 1.71. The van der Waals surface area contributed by atoms with Gasteiger partial charge in [0.2, 0.25) is 5.91 Å². The number of thioether (sulfide) groups is 1. The highest BCUT2D eigenvalue weighted by molar-refractivity contribution is 8.05. The molecule has 6 nitrogen and oxygen atoms in total. The van der Waals surface area contributed by atoms with E-state index in [-0.39, 0.29) is 17.3 Å². The molecule has 2 aliphatic heterocycles. The van der Waals surface area contributed by atoms with Crippen LogP contribution in [0.25, 0.3) is 0 Å². The Bertz CT molecular complexity index is 1040. The van der Waals surface area contributed by atoms with Gasteiger partial charge in [-0.15, -0.1) is 0 Å². The molecule has 0 N–H and O–H groups in total. The Morgan fingerprint density at radius 2 is 1.81 bits per heavy atom. The summed E-state index contributed by atoms with van der Waals surface area (Å²) in [6.07, 6.45) is 0.362. The monoisotopic (exact) mass is 437 g/mol. The van der Waals surface area contributed by atoms with Crippen molar-refractivity contribution < 1.29 is 18.7 Å². The number of hydrogen-bond donors (Lipinski definition) is 0. The van der Waals surface area contributed by atoms with Crippen LogP contribution in [0.4, 0.5) is 10.1 Å². The van der Waals surface area contributed by atoms with Crippen molar-refractivity contribution in [1.29, 1.82) is 5.26 Å². The van der Waals surface area contributed by atoms with Gasteiger partial charge in [-0.25, -0.2) is 4.39 Å². The maximum atomic E-state index is 13.3. The van der Waals surface area contributed by atoms with Gasteiger partial charge < -0.3 is 9.64 Å². The SMILES string of the molecule is N#C/C(C(=O)N1CCOCC1)=C1\SC(Cc2ccc(F)cc2)C(=O)N1c1ccccc1. The van der Waals surface area contributed by atoms with Gasteiger partial charge in [0.15, 0.2) is 0 Å². The van der Waals surface area contributed by atoms with Crippen molar-refractivity contribution in [3.05, 3.63) is 76.6 Å². The number of benzene rings is 2. The molecule has 8 heteroatoms. The van der Waals surface area contributed by atoms with Crippen LogP contribution in [-0.4, -0.2) is 48.3 Å². The summed E-state index contributed by atoms with van der Waals surface area (Å²) in [4.78, 5) is 29.5. The summed E-state index contributed by atoms with van der Waals surface area (Å²) >= 11 is 1.21. The molecule has 0 bridgehead atoms. The number of nitriles is 1. The highest BCUT2D eigenvalue weighted by Gasteiger charge is 2.41. The number of ether oxygens (including phenoxy) is 1. The Morgan fingerprint density at radius 3 is 2.45 bits per heavy atom. The van der Waals surface area contributed by atoms with E-state index in [9.17, 15) is 19.2 Å². The lowest BCUT2D eigenvalue weighted by atomic mass is 10.1. The zero-order valence-corrected chi connectivity index (χ0v) is 17.5. The zero-order valence-electron chi connectivity index (χ0n) is 16.7. The van der Waals surface area contributed by atoms with Gasteiger partial charge in [0, 0.05) is 18.8 Å². The normalized spacial score (nSPS) is 20.5. The average Bonchev–Trinajstić information content (AvgIpc) is 3.12. The van der Waals surface area contributed by atoms with Crippen LogP contribution in [0.5, 0.6) is 0 Å². The molecule has 2 saturated heterocycles. The standard InChI is InChI=1S/C23H20FN3O3S/c24-17-8-6-16(7-9-17)14-20-22(29)27(18-4-2-1-3-5-18)23(31-20)19(15-25)21(28)26-10-12-30-13-11-26/h1-9,20H,10-14H2/b23-19+. The molecule has 1 atom stereocenters. The average molecular weight is 437 g/mol. The van der Waals surface area contributed by atoms with Gasteiger partial charge in [0.25, 0.3) is 5.91 Å². The predicted octanol–water partition coefficient (Wildman–Crippen LogP) is 3.11. The van der Waals surface area contributed by atoms with Crippen molar-refractivity contribution in [2.24, 2.45) is 0 Å². The number of halogens is 1. The van der Waals surface area contributed by atoms with Crippen LogP contribution < -0.4 is 4.90 Å². The summed E-state index contributed by atoms with van der Waals surface area (Å²) in [7, 11) is 0. The number of morpholine rings is 1. The summed E-state index contributed by atoms with van der Waals surface area (Å²) in [6.45, 7) is 1.64. The van der Waals surface area contributed by atoms with E-state index in [0.717, 1.165) is 5.56 Å². The Kier molecular flexibility index (Phi) is 6.35. The third kappa shape index (κ3) is 4.48. The molecule has 2 amide bonds. The number of rotatable bonds is 4. The molecule has 2 aromatic rings. The van der Waals surface area contributed by atoms with Crippen LogP contribution >= 0.6 is 11.8 Å². The van der Waals surface area contributed by atoms with Crippen molar-refractivity contribution in [3.8, 4) is 6.07 Å². The van der Waals surface area contributed by atoms with E-state index < -0.39 is 11.2 Å². The first kappa shape index (κ1) is 21.1. The number of para-hydroxylation sites is 1. The van der Waals surface area contributed by atoms with Crippen molar-refractivity contribution in [1.82, 2.24) is 4.90 Å². The minimum Gasteiger partial charge on any atom is -0.378 e. The molecule has 4 rings (SSSR count). The Hall–Kier alpha value is -3.15. The molecule has 2 fully saturated rings. The fraction of sp³-hybridized carbons (Fsp3) is 0.261. The lowest BCUT2D eigenvalue weighted by molar-refractivity contribution is -0.130. The maximum Gasteiger partial charge on any atom is 0.267 e. The van der Waals surface area contributed by atoms with Gasteiger partial charge in [-0.05, 0) is 36.2 Å².